The first kappa shape index (κ1) is 13.4. The molecule has 3 nitrogen and oxygen atoms in total. The predicted octanol–water partition coefficient (Wildman–Crippen LogP) is 1.76. The summed E-state index contributed by atoms with van der Waals surface area (Å²) in [6.45, 7) is 0. The van der Waals surface area contributed by atoms with Crippen LogP contribution in [0.3, 0.4) is 0 Å². The molecule has 1 aromatic rings. The summed E-state index contributed by atoms with van der Waals surface area (Å²) in [5, 5.41) is 0. The monoisotopic (exact) mass is 256 g/mol. The summed E-state index contributed by atoms with van der Waals surface area (Å²) >= 11 is 0. The van der Waals surface area contributed by atoms with Gasteiger partial charge in [-0.3, -0.25) is 11.3 Å². The van der Waals surface area contributed by atoms with Crippen LogP contribution in [0.25, 0.3) is 0 Å². The summed E-state index contributed by atoms with van der Waals surface area (Å²) in [5.74, 6) is 4.89. The van der Waals surface area contributed by atoms with Crippen molar-refractivity contribution in [1.29, 1.82) is 0 Å². The number of methoxy groups -OCH3 is 1. The average molecular weight is 256 g/mol. The van der Waals surface area contributed by atoms with Gasteiger partial charge in [0.15, 0.2) is 0 Å². The Morgan fingerprint density at radius 3 is 2.67 bits per heavy atom. The van der Waals surface area contributed by atoms with E-state index in [-0.39, 0.29) is 12.1 Å². The zero-order valence-electron chi connectivity index (χ0n) is 10.3. The smallest absolute Gasteiger partial charge is 0.129 e. The maximum absolute atomic E-state index is 13.6. The Balaban J connectivity index is 2.09. The molecule has 0 amide bonds. The molecular formula is C13H18F2N2O. The number of ether oxygens (including phenoxy) is 1. The van der Waals surface area contributed by atoms with Crippen LogP contribution < -0.4 is 11.3 Å². The predicted molar refractivity (Wildman–Crippen MR) is 64.7 cm³/mol. The molecule has 1 saturated carbocycles. The number of halogens is 2. The van der Waals surface area contributed by atoms with Gasteiger partial charge in [0.2, 0.25) is 0 Å². The third kappa shape index (κ3) is 3.04. The van der Waals surface area contributed by atoms with E-state index in [1.165, 1.54) is 12.1 Å². The molecule has 18 heavy (non-hydrogen) atoms. The van der Waals surface area contributed by atoms with E-state index in [9.17, 15) is 8.78 Å². The Morgan fingerprint density at radius 1 is 1.44 bits per heavy atom. The molecule has 0 radical (unpaired) electrons. The normalized spacial score (nSPS) is 18.7. The van der Waals surface area contributed by atoms with Crippen molar-refractivity contribution in [3.05, 3.63) is 35.4 Å². The molecule has 1 aliphatic carbocycles. The number of hydrogen-bond donors (Lipinski definition) is 2. The van der Waals surface area contributed by atoms with E-state index in [2.05, 4.69) is 5.43 Å². The zero-order chi connectivity index (χ0) is 13.1. The molecular weight excluding hydrogens is 238 g/mol. The lowest BCUT2D eigenvalue weighted by atomic mass is 9.98. The van der Waals surface area contributed by atoms with Gasteiger partial charge in [-0.2, -0.15) is 0 Å². The van der Waals surface area contributed by atoms with E-state index in [4.69, 9.17) is 10.6 Å². The third-order valence-corrected chi connectivity index (χ3v) is 3.42. The van der Waals surface area contributed by atoms with Gasteiger partial charge >= 0.3 is 0 Å². The Hall–Kier alpha value is -1.04. The fourth-order valence-electron chi connectivity index (χ4n) is 2.30. The van der Waals surface area contributed by atoms with Gasteiger partial charge in [-0.1, -0.05) is 6.07 Å². The second kappa shape index (κ2) is 5.73. The molecule has 0 heterocycles. The van der Waals surface area contributed by atoms with Crippen LogP contribution in [0.5, 0.6) is 0 Å². The Morgan fingerprint density at radius 2 is 2.17 bits per heavy atom. The highest BCUT2D eigenvalue weighted by Gasteiger charge is 2.36. The average Bonchev–Trinajstić information content (AvgIpc) is 3.16. The fraction of sp³-hybridized carbons (Fsp3) is 0.538. The van der Waals surface area contributed by atoms with E-state index < -0.39 is 11.6 Å². The first-order chi connectivity index (χ1) is 8.65. The van der Waals surface area contributed by atoms with E-state index in [0.717, 1.165) is 18.9 Å². The van der Waals surface area contributed by atoms with Gasteiger partial charge in [-0.15, -0.1) is 0 Å². The molecule has 0 aromatic heterocycles. The first-order valence-electron chi connectivity index (χ1n) is 6.08. The topological polar surface area (TPSA) is 47.3 Å². The van der Waals surface area contributed by atoms with Crippen LogP contribution in [-0.4, -0.2) is 19.3 Å². The Kier molecular flexibility index (Phi) is 4.27. The van der Waals surface area contributed by atoms with Crippen LogP contribution in [0.15, 0.2) is 18.2 Å². The van der Waals surface area contributed by atoms with Gasteiger partial charge in [-0.05, 0) is 36.8 Å². The Bertz CT molecular complexity index is 410. The zero-order valence-corrected chi connectivity index (χ0v) is 10.3. The van der Waals surface area contributed by atoms with E-state index in [1.807, 2.05) is 0 Å². The quantitative estimate of drug-likeness (QED) is 0.602. The molecule has 100 valence electrons. The molecule has 1 aromatic carbocycles. The Labute approximate surface area is 105 Å². The van der Waals surface area contributed by atoms with Crippen LogP contribution in [0.4, 0.5) is 8.78 Å². The highest BCUT2D eigenvalue weighted by Crippen LogP contribution is 2.36. The van der Waals surface area contributed by atoms with Crippen molar-refractivity contribution >= 4 is 0 Å². The maximum Gasteiger partial charge on any atom is 0.129 e. The van der Waals surface area contributed by atoms with Gasteiger partial charge in [0.05, 0.1) is 12.1 Å². The molecule has 3 N–H and O–H groups in total. The summed E-state index contributed by atoms with van der Waals surface area (Å²) in [5.41, 5.74) is 3.13. The standard InChI is InChI=1S/C13H18F2N2O/c1-18-13(8-2-3-8)12(17-16)6-9-4-5-10(14)7-11(9)15/h4-5,7-8,12-13,17H,2-3,6,16H2,1H3. The van der Waals surface area contributed by atoms with Crippen LogP contribution in [-0.2, 0) is 11.2 Å². The van der Waals surface area contributed by atoms with Gasteiger partial charge in [0, 0.05) is 13.2 Å². The first-order valence-corrected chi connectivity index (χ1v) is 6.08. The minimum absolute atomic E-state index is 0.0283. The molecule has 0 saturated heterocycles. The van der Waals surface area contributed by atoms with Crippen LogP contribution >= 0.6 is 0 Å². The van der Waals surface area contributed by atoms with Crippen LogP contribution in [0, 0.1) is 17.6 Å². The van der Waals surface area contributed by atoms with Crippen LogP contribution in [0.1, 0.15) is 18.4 Å². The van der Waals surface area contributed by atoms with Crippen molar-refractivity contribution in [3.8, 4) is 0 Å². The van der Waals surface area contributed by atoms with Crippen molar-refractivity contribution < 1.29 is 13.5 Å². The largest absolute Gasteiger partial charge is 0.379 e. The van der Waals surface area contributed by atoms with Gasteiger partial charge in [-0.25, -0.2) is 8.78 Å². The minimum atomic E-state index is -0.570. The summed E-state index contributed by atoms with van der Waals surface area (Å²) < 4.78 is 31.8. The molecule has 1 aliphatic rings. The molecule has 5 heteroatoms. The summed E-state index contributed by atoms with van der Waals surface area (Å²) in [6, 6.07) is 3.43. The number of hydrazine groups is 1. The van der Waals surface area contributed by atoms with Gasteiger partial charge in [0.25, 0.3) is 0 Å². The van der Waals surface area contributed by atoms with Crippen LogP contribution in [0.2, 0.25) is 0 Å². The van der Waals surface area contributed by atoms with E-state index >= 15 is 0 Å². The molecule has 0 bridgehead atoms. The molecule has 0 spiro atoms. The summed E-state index contributed by atoms with van der Waals surface area (Å²) in [6.07, 6.45) is 2.59. The van der Waals surface area contributed by atoms with Crippen molar-refractivity contribution in [2.75, 3.05) is 7.11 Å². The van der Waals surface area contributed by atoms with Crippen molar-refractivity contribution in [2.45, 2.75) is 31.4 Å². The number of benzene rings is 1. The number of rotatable bonds is 6. The highest BCUT2D eigenvalue weighted by molar-refractivity contribution is 5.20. The molecule has 2 unspecified atom stereocenters. The lowest BCUT2D eigenvalue weighted by Crippen LogP contribution is -2.47. The van der Waals surface area contributed by atoms with E-state index in [0.29, 0.717) is 17.9 Å². The molecule has 2 atom stereocenters. The maximum atomic E-state index is 13.6. The minimum Gasteiger partial charge on any atom is -0.379 e. The summed E-state index contributed by atoms with van der Waals surface area (Å²) in [4.78, 5) is 0. The second-order valence-corrected chi connectivity index (χ2v) is 4.75. The highest BCUT2D eigenvalue weighted by atomic mass is 19.1. The summed E-state index contributed by atoms with van der Waals surface area (Å²) in [7, 11) is 1.63. The van der Waals surface area contributed by atoms with Gasteiger partial charge in [0.1, 0.15) is 11.6 Å². The van der Waals surface area contributed by atoms with E-state index in [1.54, 1.807) is 7.11 Å². The lowest BCUT2D eigenvalue weighted by molar-refractivity contribution is 0.0508. The van der Waals surface area contributed by atoms with Crippen molar-refractivity contribution in [3.63, 3.8) is 0 Å². The fourth-order valence-corrected chi connectivity index (χ4v) is 2.30. The van der Waals surface area contributed by atoms with Gasteiger partial charge < -0.3 is 4.74 Å². The number of nitrogens with two attached hydrogens (primary N) is 1. The lowest BCUT2D eigenvalue weighted by Gasteiger charge is -2.25. The third-order valence-electron chi connectivity index (χ3n) is 3.42. The molecule has 2 rings (SSSR count). The molecule has 1 fully saturated rings. The number of nitrogens with one attached hydrogen (secondary N) is 1. The second-order valence-electron chi connectivity index (χ2n) is 4.75. The molecule has 0 aliphatic heterocycles. The SMILES string of the molecule is COC(C1CC1)C(Cc1ccc(F)cc1F)NN. The van der Waals surface area contributed by atoms with Crippen molar-refractivity contribution in [1.82, 2.24) is 5.43 Å². The number of hydrogen-bond acceptors (Lipinski definition) is 3. The van der Waals surface area contributed by atoms with Crippen molar-refractivity contribution in [2.24, 2.45) is 11.8 Å².